The van der Waals surface area contributed by atoms with Crippen LogP contribution in [0.15, 0.2) is 0 Å². The van der Waals surface area contributed by atoms with Gasteiger partial charge in [-0.05, 0) is 18.8 Å². The predicted octanol–water partition coefficient (Wildman–Crippen LogP) is 2.01. The van der Waals surface area contributed by atoms with Crippen molar-refractivity contribution < 1.29 is 13.2 Å². The van der Waals surface area contributed by atoms with Crippen molar-refractivity contribution in [2.75, 3.05) is 19.0 Å². The molecule has 5 heteroatoms. The van der Waals surface area contributed by atoms with Gasteiger partial charge in [0.25, 0.3) is 0 Å². The van der Waals surface area contributed by atoms with Crippen molar-refractivity contribution in [1.82, 2.24) is 0 Å². The molecule has 13 heavy (non-hydrogen) atoms. The van der Waals surface area contributed by atoms with E-state index in [1.807, 2.05) is 0 Å². The highest BCUT2D eigenvalue weighted by Crippen LogP contribution is 2.03. The molecule has 0 aliphatic heterocycles. The molecule has 0 fully saturated rings. The van der Waals surface area contributed by atoms with E-state index in [2.05, 4.69) is 13.8 Å². The van der Waals surface area contributed by atoms with E-state index in [4.69, 9.17) is 15.4 Å². The SMILES string of the molecule is CC(C)CCCOCCS(=O)(=O)Cl. The van der Waals surface area contributed by atoms with E-state index in [9.17, 15) is 8.42 Å². The second kappa shape index (κ2) is 6.62. The molecule has 0 rings (SSSR count). The third kappa shape index (κ3) is 12.2. The highest BCUT2D eigenvalue weighted by Gasteiger charge is 2.03. The minimum atomic E-state index is -3.38. The van der Waals surface area contributed by atoms with Crippen molar-refractivity contribution in [2.24, 2.45) is 5.92 Å². The van der Waals surface area contributed by atoms with E-state index >= 15 is 0 Å². The zero-order valence-corrected chi connectivity index (χ0v) is 9.70. The zero-order valence-electron chi connectivity index (χ0n) is 8.12. The average Bonchev–Trinajstić information content (AvgIpc) is 1.93. The maximum absolute atomic E-state index is 10.5. The van der Waals surface area contributed by atoms with Gasteiger partial charge in [-0.25, -0.2) is 8.42 Å². The summed E-state index contributed by atoms with van der Waals surface area (Å²) in [6.07, 6.45) is 2.08. The van der Waals surface area contributed by atoms with Gasteiger partial charge < -0.3 is 4.74 Å². The Labute approximate surface area is 84.8 Å². The monoisotopic (exact) mass is 228 g/mol. The second-order valence-electron chi connectivity index (χ2n) is 3.39. The van der Waals surface area contributed by atoms with E-state index in [0.29, 0.717) is 12.5 Å². The maximum atomic E-state index is 10.5. The number of halogens is 1. The van der Waals surface area contributed by atoms with Crippen LogP contribution in [0.3, 0.4) is 0 Å². The van der Waals surface area contributed by atoms with Gasteiger partial charge in [0.05, 0.1) is 12.4 Å². The molecule has 0 aromatic carbocycles. The van der Waals surface area contributed by atoms with E-state index in [1.54, 1.807) is 0 Å². The van der Waals surface area contributed by atoms with Gasteiger partial charge in [-0.15, -0.1) is 0 Å². The highest BCUT2D eigenvalue weighted by atomic mass is 35.7. The topological polar surface area (TPSA) is 43.4 Å². The quantitative estimate of drug-likeness (QED) is 0.495. The summed E-state index contributed by atoms with van der Waals surface area (Å²) < 4.78 is 26.0. The Balaban J connectivity index is 3.18. The third-order valence-corrected chi connectivity index (χ3v) is 2.66. The molecule has 80 valence electrons. The normalized spacial score (nSPS) is 12.3. The molecule has 0 atom stereocenters. The van der Waals surface area contributed by atoms with Gasteiger partial charge in [-0.1, -0.05) is 13.8 Å². The molecular formula is C8H17ClO3S. The number of hydrogen-bond acceptors (Lipinski definition) is 3. The molecule has 3 nitrogen and oxygen atoms in total. The van der Waals surface area contributed by atoms with Crippen molar-refractivity contribution in [1.29, 1.82) is 0 Å². The third-order valence-electron chi connectivity index (χ3n) is 1.54. The fourth-order valence-corrected chi connectivity index (χ4v) is 1.36. The number of rotatable bonds is 7. The zero-order chi connectivity index (χ0) is 10.3. The van der Waals surface area contributed by atoms with Crippen LogP contribution < -0.4 is 0 Å². The summed E-state index contributed by atoms with van der Waals surface area (Å²) in [6, 6.07) is 0. The summed E-state index contributed by atoms with van der Waals surface area (Å²) in [6.45, 7) is 5.10. The van der Waals surface area contributed by atoms with Crippen LogP contribution in [0.1, 0.15) is 26.7 Å². The Morgan fingerprint density at radius 3 is 2.38 bits per heavy atom. The summed E-state index contributed by atoms with van der Waals surface area (Å²) >= 11 is 0. The van der Waals surface area contributed by atoms with Crippen molar-refractivity contribution in [2.45, 2.75) is 26.7 Å². The van der Waals surface area contributed by atoms with Crippen molar-refractivity contribution >= 4 is 19.7 Å². The molecule has 0 aromatic rings. The minimum Gasteiger partial charge on any atom is -0.380 e. The standard InChI is InChI=1S/C8H17ClO3S/c1-8(2)4-3-5-12-6-7-13(9,10)11/h8H,3-7H2,1-2H3. The summed E-state index contributed by atoms with van der Waals surface area (Å²) in [5.41, 5.74) is 0. The molecule has 0 aliphatic rings. The molecule has 0 aliphatic carbocycles. The van der Waals surface area contributed by atoms with Crippen LogP contribution in [0.4, 0.5) is 0 Å². The van der Waals surface area contributed by atoms with Crippen molar-refractivity contribution in [3.05, 3.63) is 0 Å². The molecule has 0 bridgehead atoms. The van der Waals surface area contributed by atoms with Crippen molar-refractivity contribution in [3.8, 4) is 0 Å². The van der Waals surface area contributed by atoms with Crippen LogP contribution in [0, 0.1) is 5.92 Å². The van der Waals surface area contributed by atoms with E-state index in [0.717, 1.165) is 12.8 Å². The lowest BCUT2D eigenvalue weighted by Crippen LogP contribution is -2.07. The number of hydrogen-bond donors (Lipinski definition) is 0. The summed E-state index contributed by atoms with van der Waals surface area (Å²) in [5, 5.41) is 0. The summed E-state index contributed by atoms with van der Waals surface area (Å²) in [7, 11) is 1.61. The van der Waals surface area contributed by atoms with Crippen LogP contribution in [-0.2, 0) is 13.8 Å². The second-order valence-corrected chi connectivity index (χ2v) is 6.29. The van der Waals surface area contributed by atoms with E-state index in [-0.39, 0.29) is 12.4 Å². The van der Waals surface area contributed by atoms with Crippen LogP contribution in [-0.4, -0.2) is 27.4 Å². The Morgan fingerprint density at radius 1 is 1.31 bits per heavy atom. The molecular weight excluding hydrogens is 212 g/mol. The molecule has 0 N–H and O–H groups in total. The number of ether oxygens (including phenoxy) is 1. The smallest absolute Gasteiger partial charge is 0.234 e. The van der Waals surface area contributed by atoms with Crippen LogP contribution in [0.5, 0.6) is 0 Å². The Morgan fingerprint density at radius 2 is 1.92 bits per heavy atom. The molecule has 0 saturated heterocycles. The fourth-order valence-electron chi connectivity index (χ4n) is 0.854. The van der Waals surface area contributed by atoms with E-state index in [1.165, 1.54) is 0 Å². The lowest BCUT2D eigenvalue weighted by Gasteiger charge is -2.04. The van der Waals surface area contributed by atoms with Gasteiger partial charge in [0.1, 0.15) is 0 Å². The summed E-state index contributed by atoms with van der Waals surface area (Å²) in [5.74, 6) is 0.566. The molecule has 0 heterocycles. The molecule has 0 unspecified atom stereocenters. The molecule has 0 aromatic heterocycles. The fraction of sp³-hybridized carbons (Fsp3) is 1.00. The van der Waals surface area contributed by atoms with Crippen LogP contribution in [0.2, 0.25) is 0 Å². The van der Waals surface area contributed by atoms with Crippen LogP contribution in [0.25, 0.3) is 0 Å². The lowest BCUT2D eigenvalue weighted by molar-refractivity contribution is 0.142. The van der Waals surface area contributed by atoms with Gasteiger partial charge in [0.2, 0.25) is 9.05 Å². The first-order chi connectivity index (χ1) is 5.92. The average molecular weight is 229 g/mol. The first-order valence-corrected chi connectivity index (χ1v) is 6.90. The lowest BCUT2D eigenvalue weighted by atomic mass is 10.1. The highest BCUT2D eigenvalue weighted by molar-refractivity contribution is 8.13. The Bertz CT molecular complexity index is 211. The van der Waals surface area contributed by atoms with Crippen molar-refractivity contribution in [3.63, 3.8) is 0 Å². The maximum Gasteiger partial charge on any atom is 0.234 e. The van der Waals surface area contributed by atoms with Gasteiger partial charge in [-0.3, -0.25) is 0 Å². The summed E-state index contributed by atoms with van der Waals surface area (Å²) in [4.78, 5) is 0. The first kappa shape index (κ1) is 13.2. The molecule has 0 spiro atoms. The van der Waals surface area contributed by atoms with Gasteiger partial charge in [0.15, 0.2) is 0 Å². The Kier molecular flexibility index (Phi) is 6.73. The Hall–Kier alpha value is 0.200. The predicted molar refractivity (Wildman–Crippen MR) is 54.5 cm³/mol. The minimum absolute atomic E-state index is 0.101. The van der Waals surface area contributed by atoms with Gasteiger partial charge in [-0.2, -0.15) is 0 Å². The largest absolute Gasteiger partial charge is 0.380 e. The molecule has 0 saturated carbocycles. The first-order valence-electron chi connectivity index (χ1n) is 4.42. The molecule has 0 radical (unpaired) electrons. The van der Waals surface area contributed by atoms with E-state index < -0.39 is 9.05 Å². The van der Waals surface area contributed by atoms with Gasteiger partial charge >= 0.3 is 0 Å². The van der Waals surface area contributed by atoms with Crippen LogP contribution >= 0.6 is 10.7 Å². The van der Waals surface area contributed by atoms with Gasteiger partial charge in [0, 0.05) is 17.3 Å². The molecule has 0 amide bonds.